The highest BCUT2D eigenvalue weighted by Gasteiger charge is 2.48. The number of aromatic nitrogens is 4. The van der Waals surface area contributed by atoms with E-state index in [4.69, 9.17) is 10.5 Å². The standard InChI is InChI=1S/C39H68N7O17P3S.3H3N/c1-4-5-6-7-8-9-10-11-12-13-14-15-16-17-18-19-30(48)67-23-22-41-29(47)20-21-42-37(51)34(50)39(2,3)25-60-66(57,58)63-65(55,56)59-24-28-33(62-64(52,53)54)32(49)38(61-28)46-27-45-31-35(40)43-26-44-36(31)46;;;/h9-10,26-28,32-34,38,49-50H,4-8,11-25H2,1-3H3,(H,41,47)(H,42,51)(H,55,56)(H,57,58)(H2,40,43,44)(H2,52,53,54);3*1H3/b10-9-;;;/t28-,32-,33-,34+,38-;;;/m1.../s1. The number of nitrogens with zero attached hydrogens (tertiary/aromatic N) is 4. The number of thioether (sulfide) groups is 1. The molecule has 0 radical (unpaired) electrons. The molecular formula is C39H77N10O17P3S. The molecule has 8 atom stereocenters. The van der Waals surface area contributed by atoms with Gasteiger partial charge in [0.05, 0.1) is 19.5 Å². The van der Waals surface area contributed by atoms with E-state index in [1.54, 1.807) is 0 Å². The van der Waals surface area contributed by atoms with Crippen LogP contribution in [0.4, 0.5) is 5.82 Å². The molecule has 2 aromatic heterocycles. The van der Waals surface area contributed by atoms with Crippen molar-refractivity contribution in [2.45, 2.75) is 148 Å². The molecule has 406 valence electrons. The van der Waals surface area contributed by atoms with Gasteiger partial charge < -0.3 is 82.9 Å². The summed E-state index contributed by atoms with van der Waals surface area (Å²) in [6, 6.07) is 0. The second kappa shape index (κ2) is 33.1. The third-order valence-electron chi connectivity index (χ3n) is 10.4. The quantitative estimate of drug-likeness (QED) is 0.0272. The number of quaternary nitrogens is 3. The number of imidazole rings is 1. The van der Waals surface area contributed by atoms with Gasteiger partial charge in [-0.05, 0) is 32.1 Å². The lowest BCUT2D eigenvalue weighted by Crippen LogP contribution is -2.46. The molecule has 0 spiro atoms. The zero-order valence-corrected chi connectivity index (χ0v) is 44.5. The van der Waals surface area contributed by atoms with Crippen LogP contribution in [0.15, 0.2) is 24.8 Å². The summed E-state index contributed by atoms with van der Waals surface area (Å²) < 4.78 is 61.1. The van der Waals surface area contributed by atoms with Gasteiger partial charge >= 0.3 is 0 Å². The molecule has 1 aliphatic heterocycles. The Kier molecular flexibility index (Phi) is 31.8. The first kappa shape index (κ1) is 67.2. The number of anilines is 1. The van der Waals surface area contributed by atoms with E-state index >= 15 is 0 Å². The Balaban J connectivity index is 0.0000159. The summed E-state index contributed by atoms with van der Waals surface area (Å²) in [4.78, 5) is 94.8. The number of carbonyl (C=O) groups excluding carboxylic acids is 3. The SMILES string of the molecule is CCCCCC/C=C\CCCCCCCCCC(=O)SCCNC(=O)CCNC(=O)[C@H](O)C(C)(C)COP(=O)([O-])OP(=O)([O-])OC[C@H]1O[C@@H](n2cnc3c(N)ncnc32)[C@H](O)[C@@H]1OP(=O)([O-])O.[NH4+].[NH4+].[NH4+]. The van der Waals surface area contributed by atoms with Crippen molar-refractivity contribution < 1.29 is 80.5 Å². The van der Waals surface area contributed by atoms with Gasteiger partial charge in [-0.1, -0.05) is 96.1 Å². The monoisotopic (exact) mass is 1080 g/mol. The number of phosphoric acid groups is 3. The van der Waals surface area contributed by atoms with Crippen LogP contribution in [-0.4, -0.2) is 108 Å². The molecule has 2 amide bonds. The largest absolute Gasteiger partial charge is 0.756 e. The van der Waals surface area contributed by atoms with Crippen molar-refractivity contribution in [2.24, 2.45) is 5.41 Å². The van der Waals surface area contributed by atoms with E-state index < -0.39 is 84.6 Å². The van der Waals surface area contributed by atoms with Crippen LogP contribution >= 0.6 is 35.2 Å². The highest BCUT2D eigenvalue weighted by molar-refractivity contribution is 8.13. The van der Waals surface area contributed by atoms with E-state index in [1.165, 1.54) is 65.2 Å². The fourth-order valence-electron chi connectivity index (χ4n) is 6.69. The number of nitrogens with one attached hydrogen (secondary N) is 2. The van der Waals surface area contributed by atoms with Crippen LogP contribution in [-0.2, 0) is 50.7 Å². The zero-order chi connectivity index (χ0) is 49.7. The molecule has 3 heterocycles. The number of carbonyl (C=O) groups is 3. The van der Waals surface area contributed by atoms with Gasteiger partial charge in [0.2, 0.25) is 11.8 Å². The normalized spacial score (nSPS) is 20.0. The molecular weight excluding hydrogens is 1010 g/mol. The molecule has 27 nitrogen and oxygen atoms in total. The highest BCUT2D eigenvalue weighted by Crippen LogP contribution is 2.56. The number of nitrogen functional groups attached to an aromatic ring is 1. The summed E-state index contributed by atoms with van der Waals surface area (Å²) in [6.45, 7) is 2.44. The average Bonchev–Trinajstić information content (AvgIpc) is 3.81. The van der Waals surface area contributed by atoms with Crippen molar-refractivity contribution in [3.63, 3.8) is 0 Å². The number of amides is 2. The van der Waals surface area contributed by atoms with E-state index in [-0.39, 0.29) is 60.1 Å². The fraction of sp³-hybridized carbons (Fsp3) is 0.744. The minimum absolute atomic E-state index is 0. The van der Waals surface area contributed by atoms with Crippen LogP contribution in [0.2, 0.25) is 0 Å². The molecule has 19 N–H and O–H groups in total. The third-order valence-corrected chi connectivity index (χ3v) is 14.3. The van der Waals surface area contributed by atoms with Crippen LogP contribution in [0.25, 0.3) is 11.2 Å². The molecule has 2 aromatic rings. The summed E-state index contributed by atoms with van der Waals surface area (Å²) in [5, 5.41) is 26.5. The van der Waals surface area contributed by atoms with E-state index in [9.17, 15) is 57.9 Å². The van der Waals surface area contributed by atoms with Gasteiger partial charge in [0.25, 0.3) is 23.5 Å². The Hall–Kier alpha value is -2.82. The fourth-order valence-corrected chi connectivity index (χ4v) is 10.2. The maximum Gasteiger partial charge on any atom is 0.274 e. The van der Waals surface area contributed by atoms with Crippen molar-refractivity contribution in [3.05, 3.63) is 24.8 Å². The average molecular weight is 1080 g/mol. The summed E-state index contributed by atoms with van der Waals surface area (Å²) in [5.41, 5.74) is 4.13. The summed E-state index contributed by atoms with van der Waals surface area (Å²) >= 11 is 1.14. The number of hydrogen-bond donors (Lipinski definition) is 9. The minimum Gasteiger partial charge on any atom is -0.756 e. The van der Waals surface area contributed by atoms with E-state index in [2.05, 4.69) is 62.5 Å². The number of phosphoric ester groups is 3. The molecule has 1 saturated heterocycles. The van der Waals surface area contributed by atoms with Gasteiger partial charge in [-0.2, -0.15) is 0 Å². The Morgan fingerprint density at radius 3 is 2.13 bits per heavy atom. The van der Waals surface area contributed by atoms with Crippen LogP contribution in [0.1, 0.15) is 123 Å². The number of hydrogen-bond acceptors (Lipinski definition) is 21. The summed E-state index contributed by atoms with van der Waals surface area (Å²) in [6.07, 6.45) is 12.9. The lowest BCUT2D eigenvalue weighted by Gasteiger charge is -2.35. The highest BCUT2D eigenvalue weighted by atomic mass is 32.2. The van der Waals surface area contributed by atoms with E-state index in [1.807, 2.05) is 0 Å². The van der Waals surface area contributed by atoms with Gasteiger partial charge in [0.15, 0.2) is 22.8 Å². The van der Waals surface area contributed by atoms with Crippen molar-refractivity contribution >= 4 is 69.1 Å². The first-order valence-electron chi connectivity index (χ1n) is 22.2. The van der Waals surface area contributed by atoms with Crippen molar-refractivity contribution in [2.75, 3.05) is 37.8 Å². The number of allylic oxidation sites excluding steroid dienone is 2. The number of ether oxygens (including phenoxy) is 1. The van der Waals surface area contributed by atoms with E-state index in [0.29, 0.717) is 12.2 Å². The van der Waals surface area contributed by atoms with Crippen molar-refractivity contribution in [1.29, 1.82) is 0 Å². The van der Waals surface area contributed by atoms with Gasteiger partial charge in [-0.3, -0.25) is 32.6 Å². The smallest absolute Gasteiger partial charge is 0.274 e. The van der Waals surface area contributed by atoms with E-state index in [0.717, 1.165) is 61.1 Å². The number of unbranched alkanes of at least 4 members (excludes halogenated alkanes) is 11. The number of aliphatic hydroxyl groups excluding tert-OH is 2. The Labute approximate surface area is 412 Å². The second-order valence-corrected chi connectivity index (χ2v) is 21.8. The molecule has 0 bridgehead atoms. The van der Waals surface area contributed by atoms with Crippen LogP contribution in [0.3, 0.4) is 0 Å². The van der Waals surface area contributed by atoms with Gasteiger partial charge in [-0.15, -0.1) is 0 Å². The lowest BCUT2D eigenvalue weighted by molar-refractivity contribution is -0.247. The number of rotatable bonds is 34. The third kappa shape index (κ3) is 24.7. The molecule has 0 saturated carbocycles. The molecule has 0 aliphatic carbocycles. The number of aliphatic hydroxyl groups is 2. The maximum absolute atomic E-state index is 12.6. The number of fused-ring (bicyclic) bond motifs is 1. The first-order valence-corrected chi connectivity index (χ1v) is 27.6. The van der Waals surface area contributed by atoms with Gasteiger partial charge in [0.1, 0.15) is 36.3 Å². The molecule has 3 rings (SSSR count). The predicted octanol–water partition coefficient (Wildman–Crippen LogP) is 3.93. The van der Waals surface area contributed by atoms with Crippen LogP contribution in [0.5, 0.6) is 0 Å². The Bertz CT molecular complexity index is 2050. The summed E-state index contributed by atoms with van der Waals surface area (Å²) in [5.74, 6) is -1.12. The van der Waals surface area contributed by atoms with Gasteiger partial charge in [0, 0.05) is 37.1 Å². The zero-order valence-electron chi connectivity index (χ0n) is 41.0. The second-order valence-electron chi connectivity index (χ2n) is 16.6. The molecule has 0 aromatic carbocycles. The topological polar surface area (TPSA) is 482 Å². The molecule has 1 fully saturated rings. The van der Waals surface area contributed by atoms with Crippen LogP contribution in [0, 0.1) is 5.41 Å². The lowest BCUT2D eigenvalue weighted by atomic mass is 9.87. The molecule has 1 aliphatic rings. The van der Waals surface area contributed by atoms with Crippen molar-refractivity contribution in [3.8, 4) is 0 Å². The summed E-state index contributed by atoms with van der Waals surface area (Å²) in [7, 11) is -17.3. The maximum atomic E-state index is 12.6. The molecule has 31 heteroatoms. The Morgan fingerprint density at radius 1 is 0.900 bits per heavy atom. The number of nitrogens with two attached hydrogens (primary N) is 1. The van der Waals surface area contributed by atoms with Crippen molar-refractivity contribution in [1.82, 2.24) is 48.6 Å². The Morgan fingerprint density at radius 2 is 1.50 bits per heavy atom. The molecule has 70 heavy (non-hydrogen) atoms. The van der Waals surface area contributed by atoms with Crippen LogP contribution < -0.4 is 49.5 Å². The van der Waals surface area contributed by atoms with Gasteiger partial charge in [-0.25, -0.2) is 19.3 Å². The predicted molar refractivity (Wildman–Crippen MR) is 258 cm³/mol. The molecule has 3 unspecified atom stereocenters. The first-order chi connectivity index (χ1) is 31.6. The minimum atomic E-state index is -5.90.